The van der Waals surface area contributed by atoms with E-state index >= 15 is 0 Å². The zero-order valence-electron chi connectivity index (χ0n) is 24.7. The van der Waals surface area contributed by atoms with Crippen molar-refractivity contribution < 1.29 is 48.8 Å². The van der Waals surface area contributed by atoms with Gasteiger partial charge in [-0.3, -0.25) is 0 Å². The van der Waals surface area contributed by atoms with Crippen molar-refractivity contribution in [1.82, 2.24) is 0 Å². The first-order valence-electron chi connectivity index (χ1n) is 14.1. The van der Waals surface area contributed by atoms with Gasteiger partial charge in [0, 0.05) is 23.3 Å². The van der Waals surface area contributed by atoms with Crippen LogP contribution in [-0.4, -0.2) is 62.1 Å². The van der Waals surface area contributed by atoms with E-state index in [0.717, 1.165) is 0 Å². The van der Waals surface area contributed by atoms with Crippen LogP contribution in [0, 0.1) is 0 Å². The van der Waals surface area contributed by atoms with Crippen LogP contribution < -0.4 is 28.4 Å². The van der Waals surface area contributed by atoms with Crippen LogP contribution in [0.25, 0.3) is 0 Å². The van der Waals surface area contributed by atoms with Gasteiger partial charge in [-0.25, -0.2) is 0 Å². The normalized spacial score (nSPS) is 19.5. The Balaban J connectivity index is 1.18. The molecule has 0 radical (unpaired) electrons. The highest BCUT2D eigenvalue weighted by Gasteiger charge is 2.36. The summed E-state index contributed by atoms with van der Waals surface area (Å²) in [4.78, 5) is 0. The Hall–Kier alpha value is -4.48. The molecule has 0 spiro atoms. The summed E-state index contributed by atoms with van der Waals surface area (Å²) in [5.41, 5.74) is 4.15. The van der Waals surface area contributed by atoms with Crippen molar-refractivity contribution in [3.63, 3.8) is 0 Å². The molecule has 4 aromatic carbocycles. The van der Waals surface area contributed by atoms with Gasteiger partial charge in [-0.15, -0.1) is 0 Å². The summed E-state index contributed by atoms with van der Waals surface area (Å²) in [5, 5.41) is 44.7. The van der Waals surface area contributed by atoms with Crippen LogP contribution >= 0.6 is 0 Å². The number of methoxy groups -OCH3 is 4. The van der Waals surface area contributed by atoms with Crippen LogP contribution in [0.1, 0.15) is 68.9 Å². The molecular weight excluding hydrogens is 568 g/mol. The lowest BCUT2D eigenvalue weighted by molar-refractivity contribution is 0.164. The van der Waals surface area contributed by atoms with Crippen molar-refractivity contribution >= 4 is 0 Å². The number of ether oxygens (including phenoxy) is 6. The number of aliphatic hydroxyl groups is 4. The van der Waals surface area contributed by atoms with Gasteiger partial charge in [0.2, 0.25) is 0 Å². The largest absolute Gasteiger partial charge is 0.497 e. The van der Waals surface area contributed by atoms with E-state index in [0.29, 0.717) is 79.0 Å². The highest BCUT2D eigenvalue weighted by molar-refractivity contribution is 5.62. The second kappa shape index (κ2) is 11.9. The molecule has 2 aliphatic carbocycles. The number of hydrogen-bond donors (Lipinski definition) is 4. The number of aliphatic hydroxyl groups excluding tert-OH is 4. The van der Waals surface area contributed by atoms with Crippen molar-refractivity contribution in [2.45, 2.75) is 24.4 Å². The Bertz CT molecular complexity index is 1700. The third kappa shape index (κ3) is 4.95. The maximum atomic E-state index is 11.4. The number of rotatable bonds is 9. The van der Waals surface area contributed by atoms with Crippen molar-refractivity contribution in [2.75, 3.05) is 41.7 Å². The predicted molar refractivity (Wildman–Crippen MR) is 159 cm³/mol. The Morgan fingerprint density at radius 3 is 1.43 bits per heavy atom. The summed E-state index contributed by atoms with van der Waals surface area (Å²) in [6.07, 6.45) is -4.03. The van der Waals surface area contributed by atoms with Crippen molar-refractivity contribution in [3.05, 3.63) is 105 Å². The van der Waals surface area contributed by atoms with Gasteiger partial charge in [0.15, 0.2) is 0 Å². The predicted octanol–water partition coefficient (Wildman–Crippen LogP) is 4.13. The Kier molecular flexibility index (Phi) is 8.00. The van der Waals surface area contributed by atoms with E-state index in [1.807, 2.05) is 0 Å². The molecule has 44 heavy (non-hydrogen) atoms. The molecule has 10 heteroatoms. The molecule has 4 atom stereocenters. The van der Waals surface area contributed by atoms with E-state index in [9.17, 15) is 20.4 Å². The summed E-state index contributed by atoms with van der Waals surface area (Å²) in [5.74, 6) is 2.75. The molecule has 0 saturated heterocycles. The third-order valence-electron chi connectivity index (χ3n) is 8.26. The summed E-state index contributed by atoms with van der Waals surface area (Å²) in [7, 11) is 6.04. The summed E-state index contributed by atoms with van der Waals surface area (Å²) >= 11 is 0. The third-order valence-corrected chi connectivity index (χ3v) is 8.26. The van der Waals surface area contributed by atoms with Gasteiger partial charge in [0.25, 0.3) is 0 Å². The highest BCUT2D eigenvalue weighted by atomic mass is 16.5. The smallest absolute Gasteiger partial charge is 0.129 e. The van der Waals surface area contributed by atoms with Gasteiger partial charge < -0.3 is 48.8 Å². The van der Waals surface area contributed by atoms with Crippen LogP contribution in [0.15, 0.2) is 60.7 Å². The average molecular weight is 603 g/mol. The zero-order valence-corrected chi connectivity index (χ0v) is 24.7. The first kappa shape index (κ1) is 29.6. The van der Waals surface area contributed by atoms with Gasteiger partial charge in [0.1, 0.15) is 72.1 Å². The molecule has 0 heterocycles. The summed E-state index contributed by atoms with van der Waals surface area (Å²) in [6, 6.07) is 17.1. The molecular formula is C34H34O10. The maximum Gasteiger partial charge on any atom is 0.129 e. The van der Waals surface area contributed by atoms with Gasteiger partial charge in [0.05, 0.1) is 28.4 Å². The highest BCUT2D eigenvalue weighted by Crippen LogP contribution is 2.50. The standard InChI is InChI=1S/C34H34O10/c1-39-17-5-7-21-23(11-17)32(36)24-12-18(6-8-22(24)31(21)35)43-9-10-44-20-14-26-30(28(16-20)42-4)34(38)29-25(33(26)37)13-19(40-2)15-27(29)41-3/h5-8,11-16,31-38H,9-10H2,1-4H3. The summed E-state index contributed by atoms with van der Waals surface area (Å²) < 4.78 is 33.6. The molecule has 10 nitrogen and oxygen atoms in total. The fourth-order valence-electron chi connectivity index (χ4n) is 6.08. The van der Waals surface area contributed by atoms with E-state index in [1.165, 1.54) is 21.3 Å². The van der Waals surface area contributed by atoms with E-state index < -0.39 is 24.4 Å². The van der Waals surface area contributed by atoms with E-state index in [1.54, 1.807) is 67.8 Å². The molecule has 230 valence electrons. The second-order valence-corrected chi connectivity index (χ2v) is 10.6. The maximum absolute atomic E-state index is 11.4. The number of fused-ring (bicyclic) bond motifs is 4. The van der Waals surface area contributed by atoms with Crippen molar-refractivity contribution in [1.29, 1.82) is 0 Å². The fraction of sp³-hybridized carbons (Fsp3) is 0.294. The molecule has 4 N–H and O–H groups in total. The first-order chi connectivity index (χ1) is 21.3. The van der Waals surface area contributed by atoms with Crippen LogP contribution in [0.4, 0.5) is 0 Å². The minimum atomic E-state index is -1.11. The molecule has 2 aliphatic rings. The molecule has 6 rings (SSSR count). The SMILES string of the molecule is COc1ccc2c(c1)C(O)c1cc(OCCOc3cc(OC)c4c(c3)C(O)c3cc(OC)cc(OC)c3C4O)ccc1C2O. The molecule has 4 unspecified atom stereocenters. The average Bonchev–Trinajstić information content (AvgIpc) is 3.06. The monoisotopic (exact) mass is 602 g/mol. The lowest BCUT2D eigenvalue weighted by Crippen LogP contribution is -2.20. The minimum absolute atomic E-state index is 0.154. The molecule has 0 amide bonds. The Labute approximate surface area is 254 Å². The number of hydrogen-bond acceptors (Lipinski definition) is 10. The van der Waals surface area contributed by atoms with Crippen LogP contribution in [0.3, 0.4) is 0 Å². The summed E-state index contributed by atoms with van der Waals surface area (Å²) in [6.45, 7) is 0.324. The second-order valence-electron chi connectivity index (χ2n) is 10.6. The van der Waals surface area contributed by atoms with Gasteiger partial charge >= 0.3 is 0 Å². The van der Waals surface area contributed by atoms with Crippen molar-refractivity contribution in [3.8, 4) is 34.5 Å². The first-order valence-corrected chi connectivity index (χ1v) is 14.1. The molecule has 4 aromatic rings. The van der Waals surface area contributed by atoms with E-state index in [4.69, 9.17) is 28.4 Å². The Morgan fingerprint density at radius 1 is 0.432 bits per heavy atom. The Morgan fingerprint density at radius 2 is 0.864 bits per heavy atom. The zero-order chi connectivity index (χ0) is 31.1. The van der Waals surface area contributed by atoms with Crippen molar-refractivity contribution in [2.24, 2.45) is 0 Å². The molecule has 0 aliphatic heterocycles. The quantitative estimate of drug-likeness (QED) is 0.207. The van der Waals surface area contributed by atoms with Gasteiger partial charge in [-0.05, 0) is 69.8 Å². The van der Waals surface area contributed by atoms with E-state index in [2.05, 4.69) is 0 Å². The fourth-order valence-corrected chi connectivity index (χ4v) is 6.08. The number of benzene rings is 4. The van der Waals surface area contributed by atoms with Gasteiger partial charge in [-0.1, -0.05) is 12.1 Å². The van der Waals surface area contributed by atoms with Crippen LogP contribution in [0.5, 0.6) is 34.5 Å². The van der Waals surface area contributed by atoms with Crippen LogP contribution in [0.2, 0.25) is 0 Å². The molecule has 0 fully saturated rings. The minimum Gasteiger partial charge on any atom is -0.497 e. The topological polar surface area (TPSA) is 136 Å². The lowest BCUT2D eigenvalue weighted by Gasteiger charge is -2.32. The molecule has 0 aromatic heterocycles. The van der Waals surface area contributed by atoms with Gasteiger partial charge in [-0.2, -0.15) is 0 Å². The van der Waals surface area contributed by atoms with Crippen LogP contribution in [-0.2, 0) is 0 Å². The molecule has 0 bridgehead atoms. The molecule has 0 saturated carbocycles. The van der Waals surface area contributed by atoms with E-state index in [-0.39, 0.29) is 13.2 Å². The lowest BCUT2D eigenvalue weighted by atomic mass is 9.80.